The van der Waals surface area contributed by atoms with Crippen molar-refractivity contribution in [1.82, 2.24) is 24.8 Å². The smallest absolute Gasteiger partial charge is 0.122 e. The van der Waals surface area contributed by atoms with Gasteiger partial charge < -0.3 is 14.8 Å². The summed E-state index contributed by atoms with van der Waals surface area (Å²) in [4.78, 5) is 14.3. The van der Waals surface area contributed by atoms with Gasteiger partial charge in [-0.3, -0.25) is 9.88 Å². The Morgan fingerprint density at radius 2 is 2.04 bits per heavy atom. The molecule has 2 aliphatic rings. The number of hydrogen-bond donors (Lipinski definition) is 1. The second-order valence-electron chi connectivity index (χ2n) is 7.43. The third-order valence-electron chi connectivity index (χ3n) is 5.62. The summed E-state index contributed by atoms with van der Waals surface area (Å²) in [5.74, 6) is 1.18. The molecule has 2 saturated heterocycles. The zero-order valence-electron chi connectivity index (χ0n) is 16.0. The highest BCUT2D eigenvalue weighted by Gasteiger charge is 2.22. The van der Waals surface area contributed by atoms with Crippen molar-refractivity contribution in [2.75, 3.05) is 37.6 Å². The van der Waals surface area contributed by atoms with E-state index in [0.717, 1.165) is 51.5 Å². The summed E-state index contributed by atoms with van der Waals surface area (Å²) in [5.41, 5.74) is 3.67. The van der Waals surface area contributed by atoms with E-state index in [1.54, 1.807) is 0 Å². The number of anilines is 1. The third kappa shape index (κ3) is 3.76. The lowest BCUT2D eigenvalue weighted by molar-refractivity contribution is 0.241. The SMILES string of the molecule is CCn1ccnc1CN1CCN(c2cc(C)nc([C@@H]3CCCN3)c2)CC1. The normalized spacial score (nSPS) is 21.5. The van der Waals surface area contributed by atoms with Gasteiger partial charge in [-0.15, -0.1) is 0 Å². The zero-order valence-corrected chi connectivity index (χ0v) is 16.0. The second kappa shape index (κ2) is 7.76. The van der Waals surface area contributed by atoms with Crippen LogP contribution in [0.15, 0.2) is 24.5 Å². The van der Waals surface area contributed by atoms with Crippen LogP contribution in [0.4, 0.5) is 5.69 Å². The Labute approximate surface area is 156 Å². The van der Waals surface area contributed by atoms with E-state index in [1.165, 1.54) is 30.0 Å². The average Bonchev–Trinajstić information content (AvgIpc) is 3.33. The van der Waals surface area contributed by atoms with Crippen LogP contribution >= 0.6 is 0 Å². The number of nitrogens with one attached hydrogen (secondary N) is 1. The van der Waals surface area contributed by atoms with Gasteiger partial charge in [-0.05, 0) is 45.4 Å². The van der Waals surface area contributed by atoms with Gasteiger partial charge in [-0.1, -0.05) is 0 Å². The van der Waals surface area contributed by atoms with Crippen molar-refractivity contribution in [3.63, 3.8) is 0 Å². The molecular weight excluding hydrogens is 324 g/mol. The molecular formula is C20H30N6. The van der Waals surface area contributed by atoms with Crippen LogP contribution in [-0.2, 0) is 13.1 Å². The summed E-state index contributed by atoms with van der Waals surface area (Å²) in [7, 11) is 0. The lowest BCUT2D eigenvalue weighted by Gasteiger charge is -2.36. The first-order valence-corrected chi connectivity index (χ1v) is 9.92. The molecule has 1 atom stereocenters. The molecule has 0 saturated carbocycles. The van der Waals surface area contributed by atoms with Crippen LogP contribution in [0.5, 0.6) is 0 Å². The molecule has 0 unspecified atom stereocenters. The minimum absolute atomic E-state index is 0.433. The molecule has 0 radical (unpaired) electrons. The molecule has 0 amide bonds. The predicted molar refractivity (Wildman–Crippen MR) is 104 cm³/mol. The predicted octanol–water partition coefficient (Wildman–Crippen LogP) is 2.35. The summed E-state index contributed by atoms with van der Waals surface area (Å²) in [5, 5.41) is 3.57. The zero-order chi connectivity index (χ0) is 17.9. The van der Waals surface area contributed by atoms with Crippen LogP contribution in [0.25, 0.3) is 0 Å². The van der Waals surface area contributed by atoms with Gasteiger partial charge >= 0.3 is 0 Å². The first-order chi connectivity index (χ1) is 12.7. The fraction of sp³-hybridized carbons (Fsp3) is 0.600. The Morgan fingerprint density at radius 1 is 1.19 bits per heavy atom. The average molecular weight is 355 g/mol. The molecule has 6 nitrogen and oxygen atoms in total. The van der Waals surface area contributed by atoms with E-state index in [2.05, 4.69) is 56.8 Å². The summed E-state index contributed by atoms with van der Waals surface area (Å²) in [6.45, 7) is 11.6. The van der Waals surface area contributed by atoms with Crippen LogP contribution in [0.2, 0.25) is 0 Å². The van der Waals surface area contributed by atoms with Crippen LogP contribution in [0.3, 0.4) is 0 Å². The van der Waals surface area contributed by atoms with Crippen LogP contribution in [0.1, 0.15) is 43.0 Å². The number of pyridine rings is 1. The lowest BCUT2D eigenvalue weighted by atomic mass is 10.1. The van der Waals surface area contributed by atoms with Crippen molar-refractivity contribution in [2.24, 2.45) is 0 Å². The van der Waals surface area contributed by atoms with Crippen molar-refractivity contribution in [3.8, 4) is 0 Å². The summed E-state index contributed by atoms with van der Waals surface area (Å²) >= 11 is 0. The highest BCUT2D eigenvalue weighted by atomic mass is 15.3. The number of nitrogens with zero attached hydrogens (tertiary/aromatic N) is 5. The van der Waals surface area contributed by atoms with Gasteiger partial charge in [-0.2, -0.15) is 0 Å². The standard InChI is InChI=1S/C20H30N6/c1-3-25-8-7-22-20(25)15-24-9-11-26(12-10-24)17-13-16(2)23-19(14-17)18-5-4-6-21-18/h7-8,13-14,18,21H,3-6,9-12,15H2,1-2H3/t18-/m0/s1. The number of aryl methyl sites for hydroxylation is 2. The quantitative estimate of drug-likeness (QED) is 0.893. The van der Waals surface area contributed by atoms with Crippen molar-refractivity contribution in [1.29, 1.82) is 0 Å². The molecule has 2 aliphatic heterocycles. The molecule has 2 aromatic rings. The highest BCUT2D eigenvalue weighted by Crippen LogP contribution is 2.26. The number of imidazole rings is 1. The van der Waals surface area contributed by atoms with Gasteiger partial charge in [-0.25, -0.2) is 4.98 Å². The van der Waals surface area contributed by atoms with Crippen LogP contribution < -0.4 is 10.2 Å². The van der Waals surface area contributed by atoms with Gasteiger partial charge in [0.1, 0.15) is 5.82 Å². The maximum absolute atomic E-state index is 4.78. The Hall–Kier alpha value is -1.92. The fourth-order valence-corrected chi connectivity index (χ4v) is 4.12. The number of aromatic nitrogens is 3. The molecule has 0 spiro atoms. The van der Waals surface area contributed by atoms with Gasteiger partial charge in [0, 0.05) is 62.5 Å². The van der Waals surface area contributed by atoms with E-state index < -0.39 is 0 Å². The molecule has 0 aliphatic carbocycles. The first-order valence-electron chi connectivity index (χ1n) is 9.92. The summed E-state index contributed by atoms with van der Waals surface area (Å²) < 4.78 is 2.24. The fourth-order valence-electron chi connectivity index (χ4n) is 4.12. The number of rotatable bonds is 5. The third-order valence-corrected chi connectivity index (χ3v) is 5.62. The summed E-state index contributed by atoms with van der Waals surface area (Å²) in [6.07, 6.45) is 6.44. The summed E-state index contributed by atoms with van der Waals surface area (Å²) in [6, 6.07) is 4.97. The van der Waals surface area contributed by atoms with Gasteiger partial charge in [0.2, 0.25) is 0 Å². The van der Waals surface area contributed by atoms with Crippen LogP contribution in [0, 0.1) is 6.92 Å². The molecule has 0 bridgehead atoms. The minimum Gasteiger partial charge on any atom is -0.369 e. The number of piperazine rings is 1. The highest BCUT2D eigenvalue weighted by molar-refractivity contribution is 5.49. The van der Waals surface area contributed by atoms with Gasteiger partial charge in [0.25, 0.3) is 0 Å². The molecule has 4 heterocycles. The molecule has 6 heteroatoms. The molecule has 0 aromatic carbocycles. The molecule has 1 N–H and O–H groups in total. The molecule has 2 fully saturated rings. The van der Waals surface area contributed by atoms with E-state index in [0.29, 0.717) is 6.04 Å². The Bertz CT molecular complexity index is 726. The van der Waals surface area contributed by atoms with E-state index in [9.17, 15) is 0 Å². The lowest BCUT2D eigenvalue weighted by Crippen LogP contribution is -2.46. The topological polar surface area (TPSA) is 49.2 Å². The Morgan fingerprint density at radius 3 is 2.77 bits per heavy atom. The maximum atomic E-state index is 4.78. The van der Waals surface area contributed by atoms with E-state index in [1.807, 2.05) is 6.20 Å². The van der Waals surface area contributed by atoms with E-state index in [-0.39, 0.29) is 0 Å². The van der Waals surface area contributed by atoms with E-state index >= 15 is 0 Å². The monoisotopic (exact) mass is 354 g/mol. The van der Waals surface area contributed by atoms with Crippen molar-refractivity contribution in [2.45, 2.75) is 45.8 Å². The van der Waals surface area contributed by atoms with Crippen molar-refractivity contribution in [3.05, 3.63) is 41.7 Å². The number of hydrogen-bond acceptors (Lipinski definition) is 5. The maximum Gasteiger partial charge on any atom is 0.122 e. The van der Waals surface area contributed by atoms with E-state index in [4.69, 9.17) is 4.98 Å². The molecule has 140 valence electrons. The molecule has 26 heavy (non-hydrogen) atoms. The molecule has 2 aromatic heterocycles. The van der Waals surface area contributed by atoms with Gasteiger partial charge in [0.05, 0.1) is 12.2 Å². The second-order valence-corrected chi connectivity index (χ2v) is 7.43. The molecule has 4 rings (SSSR count). The largest absolute Gasteiger partial charge is 0.369 e. The Balaban J connectivity index is 1.40. The minimum atomic E-state index is 0.433. The van der Waals surface area contributed by atoms with Crippen LogP contribution in [-0.4, -0.2) is 52.2 Å². The first kappa shape index (κ1) is 17.5. The van der Waals surface area contributed by atoms with Crippen molar-refractivity contribution >= 4 is 5.69 Å². The van der Waals surface area contributed by atoms with Gasteiger partial charge in [0.15, 0.2) is 0 Å². The Kier molecular flexibility index (Phi) is 5.22. The van der Waals surface area contributed by atoms with Crippen molar-refractivity contribution < 1.29 is 0 Å².